The van der Waals surface area contributed by atoms with Gasteiger partial charge >= 0.3 is 0 Å². The minimum absolute atomic E-state index is 0.0248. The van der Waals surface area contributed by atoms with Crippen LogP contribution in [-0.4, -0.2) is 50.0 Å². The Morgan fingerprint density at radius 2 is 2.00 bits per heavy atom. The van der Waals surface area contributed by atoms with Crippen LogP contribution in [0.2, 0.25) is 0 Å². The summed E-state index contributed by atoms with van der Waals surface area (Å²) in [5, 5.41) is 3.00. The molecule has 0 saturated carbocycles. The van der Waals surface area contributed by atoms with Crippen LogP contribution in [0.5, 0.6) is 5.75 Å². The number of carbonyl (C=O) groups excluding carboxylic acids is 2. The van der Waals surface area contributed by atoms with Gasteiger partial charge in [0.15, 0.2) is 0 Å². The van der Waals surface area contributed by atoms with Crippen molar-refractivity contribution in [1.82, 2.24) is 10.2 Å². The number of ether oxygens (including phenoxy) is 1. The summed E-state index contributed by atoms with van der Waals surface area (Å²) >= 11 is 0. The second-order valence-corrected chi connectivity index (χ2v) is 5.87. The number of nitrogens with one attached hydrogen (secondary N) is 1. The Hall–Kier alpha value is -2.08. The van der Waals surface area contributed by atoms with Gasteiger partial charge in [-0.25, -0.2) is 0 Å². The van der Waals surface area contributed by atoms with Gasteiger partial charge in [-0.05, 0) is 44.0 Å². The van der Waals surface area contributed by atoms with Gasteiger partial charge in [-0.2, -0.15) is 0 Å². The van der Waals surface area contributed by atoms with Crippen molar-refractivity contribution >= 4 is 11.8 Å². The smallest absolute Gasteiger partial charge is 0.231 e. The Kier molecular flexibility index (Phi) is 6.40. The summed E-state index contributed by atoms with van der Waals surface area (Å²) in [6.45, 7) is 2.36. The van der Waals surface area contributed by atoms with E-state index in [2.05, 4.69) is 5.32 Å². The summed E-state index contributed by atoms with van der Waals surface area (Å²) in [7, 11) is 1.65. The van der Waals surface area contributed by atoms with Gasteiger partial charge in [0.1, 0.15) is 5.75 Å². The van der Waals surface area contributed by atoms with Crippen molar-refractivity contribution in [3.8, 4) is 5.75 Å². The highest BCUT2D eigenvalue weighted by Crippen LogP contribution is 2.18. The highest BCUT2D eigenvalue weighted by molar-refractivity contribution is 5.79. The molecule has 0 atom stereocenters. The van der Waals surface area contributed by atoms with Crippen molar-refractivity contribution in [1.29, 1.82) is 0 Å². The minimum Gasteiger partial charge on any atom is -0.496 e. The van der Waals surface area contributed by atoms with Gasteiger partial charge in [0, 0.05) is 12.5 Å². The zero-order chi connectivity index (χ0) is 16.7. The summed E-state index contributed by atoms with van der Waals surface area (Å²) in [4.78, 5) is 25.1. The fraction of sp³-hybridized carbons (Fsp3) is 0.529. The molecular formula is C17H25N3O3. The molecule has 126 valence electrons. The Bertz CT molecular complexity index is 540. The number of para-hydroxylation sites is 1. The number of rotatable bonds is 7. The molecule has 0 bridgehead atoms. The molecule has 6 nitrogen and oxygen atoms in total. The number of amides is 2. The number of likely N-dealkylation sites (tertiary alicyclic amines) is 1. The standard InChI is InChI=1S/C17H25N3O3/c1-23-15-5-3-2-4-13(15)6-9-19-17(22)14-7-10-20(11-8-14)12-16(18)21/h2-5,14H,6-12H2,1H3,(H2,18,21)(H,19,22). The van der Waals surface area contributed by atoms with Gasteiger partial charge in [0.05, 0.1) is 13.7 Å². The first-order valence-corrected chi connectivity index (χ1v) is 8.00. The summed E-state index contributed by atoms with van der Waals surface area (Å²) < 4.78 is 5.31. The monoisotopic (exact) mass is 319 g/mol. The zero-order valence-electron chi connectivity index (χ0n) is 13.6. The molecule has 1 aromatic carbocycles. The van der Waals surface area contributed by atoms with Crippen molar-refractivity contribution in [2.45, 2.75) is 19.3 Å². The highest BCUT2D eigenvalue weighted by atomic mass is 16.5. The molecule has 2 amide bonds. The number of nitrogens with zero attached hydrogens (tertiary/aromatic N) is 1. The lowest BCUT2D eigenvalue weighted by molar-refractivity contribution is -0.126. The quantitative estimate of drug-likeness (QED) is 0.769. The van der Waals surface area contributed by atoms with Crippen molar-refractivity contribution in [2.75, 3.05) is 33.3 Å². The lowest BCUT2D eigenvalue weighted by atomic mass is 9.96. The lowest BCUT2D eigenvalue weighted by Crippen LogP contribution is -2.43. The first kappa shape index (κ1) is 17.3. The Morgan fingerprint density at radius 1 is 1.30 bits per heavy atom. The van der Waals surface area contributed by atoms with Crippen molar-refractivity contribution in [2.24, 2.45) is 11.7 Å². The fourth-order valence-electron chi connectivity index (χ4n) is 2.95. The molecular weight excluding hydrogens is 294 g/mol. The van der Waals surface area contributed by atoms with E-state index in [9.17, 15) is 9.59 Å². The number of hydrogen-bond donors (Lipinski definition) is 2. The van der Waals surface area contributed by atoms with Crippen LogP contribution >= 0.6 is 0 Å². The number of hydrogen-bond acceptors (Lipinski definition) is 4. The van der Waals surface area contributed by atoms with Gasteiger partial charge in [0.25, 0.3) is 0 Å². The van der Waals surface area contributed by atoms with E-state index in [-0.39, 0.29) is 24.3 Å². The van der Waals surface area contributed by atoms with Gasteiger partial charge in [0.2, 0.25) is 11.8 Å². The van der Waals surface area contributed by atoms with E-state index in [0.29, 0.717) is 6.54 Å². The predicted octanol–water partition coefficient (Wildman–Crippen LogP) is 0.551. The van der Waals surface area contributed by atoms with Crippen LogP contribution in [0.3, 0.4) is 0 Å². The van der Waals surface area contributed by atoms with Crippen molar-refractivity contribution < 1.29 is 14.3 Å². The molecule has 1 aliphatic rings. The Labute approximate surface area is 137 Å². The first-order valence-electron chi connectivity index (χ1n) is 8.00. The maximum Gasteiger partial charge on any atom is 0.231 e. The Balaban J connectivity index is 1.72. The molecule has 3 N–H and O–H groups in total. The molecule has 0 spiro atoms. The van der Waals surface area contributed by atoms with Crippen LogP contribution in [0.15, 0.2) is 24.3 Å². The van der Waals surface area contributed by atoms with Crippen LogP contribution in [0, 0.1) is 5.92 Å². The average molecular weight is 319 g/mol. The Morgan fingerprint density at radius 3 is 2.65 bits per heavy atom. The summed E-state index contributed by atoms with van der Waals surface area (Å²) in [5.74, 6) is 0.654. The first-order chi connectivity index (χ1) is 11.1. The van der Waals surface area contributed by atoms with Gasteiger partial charge in [-0.3, -0.25) is 14.5 Å². The normalized spacial score (nSPS) is 16.0. The van der Waals surface area contributed by atoms with E-state index in [1.165, 1.54) is 0 Å². The topological polar surface area (TPSA) is 84.7 Å². The highest BCUT2D eigenvalue weighted by Gasteiger charge is 2.25. The van der Waals surface area contributed by atoms with E-state index in [1.54, 1.807) is 7.11 Å². The maximum atomic E-state index is 12.2. The number of benzene rings is 1. The largest absolute Gasteiger partial charge is 0.496 e. The zero-order valence-corrected chi connectivity index (χ0v) is 13.6. The molecule has 6 heteroatoms. The van der Waals surface area contributed by atoms with Crippen LogP contribution in [0.25, 0.3) is 0 Å². The van der Waals surface area contributed by atoms with E-state index >= 15 is 0 Å². The molecule has 0 radical (unpaired) electrons. The second-order valence-electron chi connectivity index (χ2n) is 5.87. The molecule has 1 aromatic rings. The second kappa shape index (κ2) is 8.53. The van der Waals surface area contributed by atoms with Crippen LogP contribution in [0.1, 0.15) is 18.4 Å². The third-order valence-corrected chi connectivity index (χ3v) is 4.22. The summed E-state index contributed by atoms with van der Waals surface area (Å²) in [6.07, 6.45) is 2.29. The molecule has 0 aromatic heterocycles. The number of piperidine rings is 1. The van der Waals surface area contributed by atoms with E-state index < -0.39 is 0 Å². The van der Waals surface area contributed by atoms with E-state index in [0.717, 1.165) is 43.7 Å². The summed E-state index contributed by atoms with van der Waals surface area (Å²) in [5.41, 5.74) is 6.28. The third-order valence-electron chi connectivity index (χ3n) is 4.22. The SMILES string of the molecule is COc1ccccc1CCNC(=O)C1CCN(CC(N)=O)CC1. The van der Waals surface area contributed by atoms with Crippen LogP contribution in [0.4, 0.5) is 0 Å². The number of primary amides is 1. The van der Waals surface area contributed by atoms with Crippen molar-refractivity contribution in [3.63, 3.8) is 0 Å². The number of methoxy groups -OCH3 is 1. The number of nitrogens with two attached hydrogens (primary N) is 1. The fourth-order valence-corrected chi connectivity index (χ4v) is 2.95. The van der Waals surface area contributed by atoms with Gasteiger partial charge < -0.3 is 15.8 Å². The molecule has 2 rings (SSSR count). The third kappa shape index (κ3) is 5.25. The van der Waals surface area contributed by atoms with Gasteiger partial charge in [-0.1, -0.05) is 18.2 Å². The number of carbonyl (C=O) groups is 2. The van der Waals surface area contributed by atoms with Gasteiger partial charge in [-0.15, -0.1) is 0 Å². The van der Waals surface area contributed by atoms with E-state index in [4.69, 9.17) is 10.5 Å². The minimum atomic E-state index is -0.315. The van der Waals surface area contributed by atoms with Crippen LogP contribution in [-0.2, 0) is 16.0 Å². The predicted molar refractivity (Wildman–Crippen MR) is 88.1 cm³/mol. The lowest BCUT2D eigenvalue weighted by Gasteiger charge is -2.30. The van der Waals surface area contributed by atoms with Crippen LogP contribution < -0.4 is 15.8 Å². The molecule has 1 aliphatic heterocycles. The molecule has 0 unspecified atom stereocenters. The van der Waals surface area contributed by atoms with E-state index in [1.807, 2.05) is 29.2 Å². The summed E-state index contributed by atoms with van der Waals surface area (Å²) in [6, 6.07) is 7.83. The molecule has 1 heterocycles. The molecule has 23 heavy (non-hydrogen) atoms. The average Bonchev–Trinajstić information content (AvgIpc) is 2.55. The van der Waals surface area contributed by atoms with Crippen molar-refractivity contribution in [3.05, 3.63) is 29.8 Å². The molecule has 1 fully saturated rings. The molecule has 0 aliphatic carbocycles. The molecule has 1 saturated heterocycles. The maximum absolute atomic E-state index is 12.2.